The number of hydrogen-bond acceptors (Lipinski definition) is 1. The van der Waals surface area contributed by atoms with E-state index in [1.54, 1.807) is 30.3 Å². The van der Waals surface area contributed by atoms with Crippen molar-refractivity contribution in [2.24, 2.45) is 5.92 Å². The van der Waals surface area contributed by atoms with Crippen LogP contribution in [0, 0.1) is 5.92 Å². The van der Waals surface area contributed by atoms with Crippen molar-refractivity contribution in [1.82, 2.24) is 0 Å². The second-order valence-electron chi connectivity index (χ2n) is 5.71. The summed E-state index contributed by atoms with van der Waals surface area (Å²) in [6, 6.07) is 14.4. The zero-order valence-electron chi connectivity index (χ0n) is 12.5. The summed E-state index contributed by atoms with van der Waals surface area (Å²) in [6.45, 7) is 3.83. The molecule has 22 heavy (non-hydrogen) atoms. The van der Waals surface area contributed by atoms with Crippen LogP contribution >= 0.6 is 23.2 Å². The molecule has 2 rings (SSSR count). The van der Waals surface area contributed by atoms with Gasteiger partial charge in [0.2, 0.25) is 0 Å². The monoisotopic (exact) mass is 336 g/mol. The molecule has 2 aromatic rings. The van der Waals surface area contributed by atoms with Crippen molar-refractivity contribution in [3.05, 3.63) is 69.7 Å². The van der Waals surface area contributed by atoms with E-state index in [9.17, 15) is 9.90 Å². The number of carbonyl (C=O) groups is 1. The molecule has 0 aliphatic rings. The lowest BCUT2D eigenvalue weighted by molar-refractivity contribution is -0.145. The lowest BCUT2D eigenvalue weighted by Crippen LogP contribution is -2.43. The summed E-state index contributed by atoms with van der Waals surface area (Å²) in [5.41, 5.74) is 0.518. The maximum Gasteiger partial charge on any atom is 0.314 e. The van der Waals surface area contributed by atoms with E-state index in [-0.39, 0.29) is 5.92 Å². The Bertz CT molecular complexity index is 665. The first-order chi connectivity index (χ1) is 10.4. The average Bonchev–Trinajstić information content (AvgIpc) is 2.47. The van der Waals surface area contributed by atoms with Gasteiger partial charge >= 0.3 is 5.97 Å². The standard InChI is InChI=1S/C18H18Cl2O2/c1-12(2)18(17(21)22,14-7-9-15(19)10-8-14)11-13-5-3-4-6-16(13)20/h3-10,12H,11H2,1-2H3,(H,21,22). The molecule has 2 aromatic carbocycles. The molecule has 2 nitrogen and oxygen atoms in total. The van der Waals surface area contributed by atoms with Crippen molar-refractivity contribution in [2.75, 3.05) is 0 Å². The molecule has 1 atom stereocenters. The lowest BCUT2D eigenvalue weighted by atomic mass is 9.68. The van der Waals surface area contributed by atoms with Gasteiger partial charge in [-0.2, -0.15) is 0 Å². The zero-order valence-corrected chi connectivity index (χ0v) is 14.0. The fraction of sp³-hybridized carbons (Fsp3) is 0.278. The highest BCUT2D eigenvalue weighted by atomic mass is 35.5. The summed E-state index contributed by atoms with van der Waals surface area (Å²) in [5, 5.41) is 11.2. The van der Waals surface area contributed by atoms with Gasteiger partial charge < -0.3 is 5.11 Å². The van der Waals surface area contributed by atoms with Gasteiger partial charge in [0.05, 0.1) is 5.41 Å². The third kappa shape index (κ3) is 3.13. The smallest absolute Gasteiger partial charge is 0.314 e. The Hall–Kier alpha value is -1.51. The molecule has 0 radical (unpaired) electrons. The number of hydrogen-bond donors (Lipinski definition) is 1. The number of carboxylic acids is 1. The second kappa shape index (κ2) is 6.72. The van der Waals surface area contributed by atoms with E-state index in [1.165, 1.54) is 0 Å². The van der Waals surface area contributed by atoms with Crippen LogP contribution in [-0.2, 0) is 16.6 Å². The van der Waals surface area contributed by atoms with E-state index >= 15 is 0 Å². The summed E-state index contributed by atoms with van der Waals surface area (Å²) in [7, 11) is 0. The Balaban J connectivity index is 2.57. The topological polar surface area (TPSA) is 37.3 Å². The highest BCUT2D eigenvalue weighted by Gasteiger charge is 2.43. The van der Waals surface area contributed by atoms with Crippen LogP contribution in [-0.4, -0.2) is 11.1 Å². The Morgan fingerprint density at radius 2 is 1.68 bits per heavy atom. The summed E-state index contributed by atoms with van der Waals surface area (Å²) in [5.74, 6) is -0.966. The Labute approximate surface area is 140 Å². The largest absolute Gasteiger partial charge is 0.481 e. The first kappa shape index (κ1) is 16.9. The van der Waals surface area contributed by atoms with Gasteiger partial charge in [-0.15, -0.1) is 0 Å². The fourth-order valence-corrected chi connectivity index (χ4v) is 3.10. The predicted octanol–water partition coefficient (Wildman–Crippen LogP) is 5.21. The van der Waals surface area contributed by atoms with Crippen molar-refractivity contribution in [3.63, 3.8) is 0 Å². The van der Waals surface area contributed by atoms with Crippen LogP contribution in [0.25, 0.3) is 0 Å². The van der Waals surface area contributed by atoms with Gasteiger partial charge in [-0.1, -0.05) is 67.4 Å². The molecule has 4 heteroatoms. The first-order valence-electron chi connectivity index (χ1n) is 7.10. The summed E-state index contributed by atoms with van der Waals surface area (Å²) in [6.07, 6.45) is 0.335. The minimum absolute atomic E-state index is 0.109. The van der Waals surface area contributed by atoms with Crippen LogP contribution in [0.4, 0.5) is 0 Å². The average molecular weight is 337 g/mol. The van der Waals surface area contributed by atoms with Gasteiger partial charge in [-0.25, -0.2) is 0 Å². The van der Waals surface area contributed by atoms with Gasteiger partial charge in [0, 0.05) is 10.0 Å². The minimum atomic E-state index is -1.05. The SMILES string of the molecule is CC(C)C(Cc1ccccc1Cl)(C(=O)O)c1ccc(Cl)cc1. The van der Waals surface area contributed by atoms with Gasteiger partial charge in [0.25, 0.3) is 0 Å². The molecule has 0 aromatic heterocycles. The normalized spacial score (nSPS) is 13.9. The molecule has 0 bridgehead atoms. The van der Waals surface area contributed by atoms with Crippen LogP contribution in [0.15, 0.2) is 48.5 Å². The fourth-order valence-electron chi connectivity index (χ4n) is 2.78. The van der Waals surface area contributed by atoms with Crippen molar-refractivity contribution < 1.29 is 9.90 Å². The number of carboxylic acid groups (broad SMARTS) is 1. The molecule has 0 spiro atoms. The maximum atomic E-state index is 12.2. The second-order valence-corrected chi connectivity index (χ2v) is 6.55. The summed E-state index contributed by atoms with van der Waals surface area (Å²) < 4.78 is 0. The first-order valence-corrected chi connectivity index (χ1v) is 7.86. The third-order valence-corrected chi connectivity index (χ3v) is 4.77. The molecule has 0 aliphatic heterocycles. The number of halogens is 2. The zero-order chi connectivity index (χ0) is 16.3. The van der Waals surface area contributed by atoms with Crippen LogP contribution in [0.5, 0.6) is 0 Å². The number of benzene rings is 2. The van der Waals surface area contributed by atoms with E-state index < -0.39 is 11.4 Å². The predicted molar refractivity (Wildman–Crippen MR) is 90.8 cm³/mol. The summed E-state index contributed by atoms with van der Waals surface area (Å²) >= 11 is 12.2. The van der Waals surface area contributed by atoms with Crippen molar-refractivity contribution >= 4 is 29.2 Å². The Kier molecular flexibility index (Phi) is 5.15. The molecule has 0 heterocycles. The van der Waals surface area contributed by atoms with E-state index in [0.717, 1.165) is 11.1 Å². The van der Waals surface area contributed by atoms with Crippen molar-refractivity contribution in [2.45, 2.75) is 25.7 Å². The van der Waals surface area contributed by atoms with Gasteiger partial charge in [-0.3, -0.25) is 4.79 Å². The Morgan fingerprint density at radius 1 is 1.09 bits per heavy atom. The maximum absolute atomic E-state index is 12.2. The molecule has 0 saturated heterocycles. The molecule has 1 N–H and O–H groups in total. The summed E-state index contributed by atoms with van der Waals surface area (Å²) in [4.78, 5) is 12.2. The molecular weight excluding hydrogens is 319 g/mol. The van der Waals surface area contributed by atoms with Crippen LogP contribution in [0.1, 0.15) is 25.0 Å². The van der Waals surface area contributed by atoms with Crippen molar-refractivity contribution in [1.29, 1.82) is 0 Å². The molecule has 0 amide bonds. The number of rotatable bonds is 5. The van der Waals surface area contributed by atoms with Crippen LogP contribution in [0.2, 0.25) is 10.0 Å². The van der Waals surface area contributed by atoms with Gasteiger partial charge in [-0.05, 0) is 41.7 Å². The van der Waals surface area contributed by atoms with E-state index in [1.807, 2.05) is 32.0 Å². The number of aliphatic carboxylic acids is 1. The molecule has 0 aliphatic carbocycles. The lowest BCUT2D eigenvalue weighted by Gasteiger charge is -2.34. The quantitative estimate of drug-likeness (QED) is 0.813. The highest BCUT2D eigenvalue weighted by Crippen LogP contribution is 2.38. The molecular formula is C18H18Cl2O2. The Morgan fingerprint density at radius 3 is 2.18 bits per heavy atom. The van der Waals surface area contributed by atoms with E-state index in [2.05, 4.69) is 0 Å². The van der Waals surface area contributed by atoms with Gasteiger partial charge in [0.15, 0.2) is 0 Å². The van der Waals surface area contributed by atoms with Crippen molar-refractivity contribution in [3.8, 4) is 0 Å². The third-order valence-electron chi connectivity index (χ3n) is 4.15. The van der Waals surface area contributed by atoms with Crippen LogP contribution in [0.3, 0.4) is 0 Å². The van der Waals surface area contributed by atoms with E-state index in [4.69, 9.17) is 23.2 Å². The van der Waals surface area contributed by atoms with Crippen LogP contribution < -0.4 is 0 Å². The molecule has 0 fully saturated rings. The molecule has 0 saturated carbocycles. The molecule has 1 unspecified atom stereocenters. The minimum Gasteiger partial charge on any atom is -0.481 e. The highest BCUT2D eigenvalue weighted by molar-refractivity contribution is 6.31. The molecule has 116 valence electrons. The van der Waals surface area contributed by atoms with Gasteiger partial charge in [0.1, 0.15) is 0 Å². The van der Waals surface area contributed by atoms with E-state index in [0.29, 0.717) is 16.5 Å².